The Bertz CT molecular complexity index is 739. The van der Waals surface area contributed by atoms with Crippen LogP contribution in [0.15, 0.2) is 39.9 Å². The molecule has 0 amide bonds. The van der Waals surface area contributed by atoms with Gasteiger partial charge in [0.2, 0.25) is 5.89 Å². The third-order valence-corrected chi connectivity index (χ3v) is 4.02. The van der Waals surface area contributed by atoms with E-state index in [4.69, 9.17) is 13.9 Å². The smallest absolute Gasteiger partial charge is 0.213 e. The van der Waals surface area contributed by atoms with Crippen LogP contribution in [0.3, 0.4) is 0 Å². The van der Waals surface area contributed by atoms with Gasteiger partial charge in [0.25, 0.3) is 0 Å². The fraction of sp³-hybridized carbons (Fsp3) is 0.500. The Kier molecular flexibility index (Phi) is 9.57. The fourth-order valence-electron chi connectivity index (χ4n) is 2.36. The van der Waals surface area contributed by atoms with E-state index in [1.54, 1.807) is 20.4 Å². The van der Waals surface area contributed by atoms with Crippen molar-refractivity contribution in [2.75, 3.05) is 34.4 Å². The molecule has 2 aromatic rings. The number of ether oxygens (including phenoxy) is 2. The summed E-state index contributed by atoms with van der Waals surface area (Å²) in [5, 5.41) is 3.26. The average molecular weight is 502 g/mol. The van der Waals surface area contributed by atoms with Crippen molar-refractivity contribution in [2.45, 2.75) is 32.7 Å². The molecule has 7 nitrogen and oxygen atoms in total. The molecular formula is C20H31IN4O3. The zero-order valence-electron chi connectivity index (χ0n) is 17.5. The molecule has 0 fully saturated rings. The van der Waals surface area contributed by atoms with Crippen LogP contribution < -0.4 is 14.8 Å². The third-order valence-electron chi connectivity index (χ3n) is 4.02. The first-order valence-electron chi connectivity index (χ1n) is 8.97. The third kappa shape index (κ3) is 7.21. The summed E-state index contributed by atoms with van der Waals surface area (Å²) in [5.41, 5.74) is -0.0531. The highest BCUT2D eigenvalue weighted by atomic mass is 127. The van der Waals surface area contributed by atoms with Crippen molar-refractivity contribution >= 4 is 29.9 Å². The summed E-state index contributed by atoms with van der Waals surface area (Å²) in [6, 6.07) is 7.53. The van der Waals surface area contributed by atoms with E-state index in [0.717, 1.165) is 23.2 Å². The lowest BCUT2D eigenvalue weighted by molar-refractivity contribution is 0.280. The minimum atomic E-state index is -0.0531. The first-order valence-corrected chi connectivity index (χ1v) is 8.97. The quantitative estimate of drug-likeness (QED) is 0.354. The van der Waals surface area contributed by atoms with E-state index in [1.165, 1.54) is 0 Å². The van der Waals surface area contributed by atoms with Crippen LogP contribution in [0.4, 0.5) is 0 Å². The summed E-state index contributed by atoms with van der Waals surface area (Å²) in [7, 11) is 5.35. The molecule has 0 saturated heterocycles. The first-order chi connectivity index (χ1) is 12.8. The van der Waals surface area contributed by atoms with Crippen molar-refractivity contribution in [3.63, 3.8) is 0 Å². The van der Waals surface area contributed by atoms with E-state index >= 15 is 0 Å². The largest absolute Gasteiger partial charge is 0.497 e. The minimum Gasteiger partial charge on any atom is -0.497 e. The lowest BCUT2D eigenvalue weighted by Crippen LogP contribution is -2.40. The van der Waals surface area contributed by atoms with Gasteiger partial charge in [-0.25, -0.2) is 4.98 Å². The number of methoxy groups -OCH3 is 1. The van der Waals surface area contributed by atoms with Crippen LogP contribution in [-0.2, 0) is 12.0 Å². The van der Waals surface area contributed by atoms with Crippen molar-refractivity contribution in [3.8, 4) is 11.5 Å². The van der Waals surface area contributed by atoms with Crippen molar-refractivity contribution < 1.29 is 13.9 Å². The SMILES string of the molecule is CN=C(NCc1ncc(C(C)(C)C)o1)N(C)CCOc1ccc(OC)cc1.I. The summed E-state index contributed by atoms with van der Waals surface area (Å²) in [6.45, 7) is 7.99. The molecule has 0 aliphatic carbocycles. The molecule has 0 aliphatic rings. The number of hydrogen-bond donors (Lipinski definition) is 1. The average Bonchev–Trinajstić information content (AvgIpc) is 3.12. The molecule has 2 rings (SSSR count). The number of guanidine groups is 1. The second-order valence-corrected chi connectivity index (χ2v) is 7.21. The van der Waals surface area contributed by atoms with Gasteiger partial charge in [0.1, 0.15) is 23.9 Å². The Hall–Kier alpha value is -1.97. The van der Waals surface area contributed by atoms with E-state index in [9.17, 15) is 0 Å². The molecule has 8 heteroatoms. The maximum Gasteiger partial charge on any atom is 0.213 e. The van der Waals surface area contributed by atoms with Crippen LogP contribution in [0.25, 0.3) is 0 Å². The number of likely N-dealkylation sites (N-methyl/N-ethyl adjacent to an activating group) is 1. The van der Waals surface area contributed by atoms with E-state index in [0.29, 0.717) is 25.6 Å². The maximum atomic E-state index is 5.80. The second-order valence-electron chi connectivity index (χ2n) is 7.21. The zero-order valence-corrected chi connectivity index (χ0v) is 19.8. The molecule has 1 aromatic heterocycles. The number of nitrogens with zero attached hydrogens (tertiary/aromatic N) is 3. The molecule has 1 N–H and O–H groups in total. The van der Waals surface area contributed by atoms with Gasteiger partial charge in [-0.05, 0) is 24.3 Å². The van der Waals surface area contributed by atoms with Crippen molar-refractivity contribution in [2.24, 2.45) is 4.99 Å². The lowest BCUT2D eigenvalue weighted by Gasteiger charge is -2.21. The second kappa shape index (κ2) is 11.1. The number of benzene rings is 1. The molecule has 0 bridgehead atoms. The number of aliphatic imine (C=N–C) groups is 1. The number of hydrogen-bond acceptors (Lipinski definition) is 5. The molecular weight excluding hydrogens is 471 g/mol. The van der Waals surface area contributed by atoms with Crippen molar-refractivity contribution in [1.29, 1.82) is 0 Å². The summed E-state index contributed by atoms with van der Waals surface area (Å²) in [5.74, 6) is 3.88. The van der Waals surface area contributed by atoms with Crippen LogP contribution in [0, 0.1) is 0 Å². The molecule has 0 spiro atoms. The van der Waals surface area contributed by atoms with E-state index in [2.05, 4.69) is 36.1 Å². The number of oxazole rings is 1. The Labute approximate surface area is 184 Å². The summed E-state index contributed by atoms with van der Waals surface area (Å²) in [4.78, 5) is 10.6. The van der Waals surface area contributed by atoms with Crippen LogP contribution in [-0.4, -0.2) is 50.2 Å². The van der Waals surface area contributed by atoms with Gasteiger partial charge in [0.15, 0.2) is 5.96 Å². The van der Waals surface area contributed by atoms with Gasteiger partial charge in [0.05, 0.1) is 26.4 Å². The highest BCUT2D eigenvalue weighted by Crippen LogP contribution is 2.22. The molecule has 0 unspecified atom stereocenters. The molecule has 1 aromatic carbocycles. The van der Waals surface area contributed by atoms with Crippen LogP contribution >= 0.6 is 24.0 Å². The van der Waals surface area contributed by atoms with Gasteiger partial charge in [0, 0.05) is 19.5 Å². The predicted octanol–water partition coefficient (Wildman–Crippen LogP) is 3.68. The predicted molar refractivity (Wildman–Crippen MR) is 122 cm³/mol. The molecule has 1 heterocycles. The van der Waals surface area contributed by atoms with E-state index in [1.807, 2.05) is 36.2 Å². The molecule has 0 radical (unpaired) electrons. The van der Waals surface area contributed by atoms with Gasteiger partial charge in [-0.15, -0.1) is 24.0 Å². The Morgan fingerprint density at radius 1 is 1.21 bits per heavy atom. The summed E-state index contributed by atoms with van der Waals surface area (Å²) in [6.07, 6.45) is 1.78. The van der Waals surface area contributed by atoms with Crippen LogP contribution in [0.1, 0.15) is 32.4 Å². The van der Waals surface area contributed by atoms with E-state index in [-0.39, 0.29) is 29.4 Å². The van der Waals surface area contributed by atoms with Crippen LogP contribution in [0.5, 0.6) is 11.5 Å². The first kappa shape index (κ1) is 24.1. The molecule has 28 heavy (non-hydrogen) atoms. The van der Waals surface area contributed by atoms with Gasteiger partial charge >= 0.3 is 0 Å². The molecule has 0 saturated carbocycles. The number of rotatable bonds is 7. The lowest BCUT2D eigenvalue weighted by atomic mass is 9.94. The number of nitrogens with one attached hydrogen (secondary N) is 1. The van der Waals surface area contributed by atoms with Crippen LogP contribution in [0.2, 0.25) is 0 Å². The Morgan fingerprint density at radius 3 is 2.39 bits per heavy atom. The van der Waals surface area contributed by atoms with Crippen molar-refractivity contribution in [3.05, 3.63) is 42.1 Å². The van der Waals surface area contributed by atoms with Gasteiger partial charge in [-0.3, -0.25) is 4.99 Å². The number of aromatic nitrogens is 1. The van der Waals surface area contributed by atoms with Gasteiger partial charge < -0.3 is 24.1 Å². The molecule has 0 atom stereocenters. The topological polar surface area (TPSA) is 72.1 Å². The van der Waals surface area contributed by atoms with E-state index < -0.39 is 0 Å². The highest BCUT2D eigenvalue weighted by molar-refractivity contribution is 14.0. The minimum absolute atomic E-state index is 0. The van der Waals surface area contributed by atoms with Gasteiger partial charge in [-0.1, -0.05) is 20.8 Å². The summed E-state index contributed by atoms with van der Waals surface area (Å²) < 4.78 is 16.7. The Balaban J connectivity index is 0.00000392. The zero-order chi connectivity index (χ0) is 19.9. The standard InChI is InChI=1S/C20H30N4O3.HI/c1-20(2,3)17-13-22-18(27-17)14-23-19(21-4)24(5)11-12-26-16-9-7-15(25-6)8-10-16;/h7-10,13H,11-12,14H2,1-6H3,(H,21,23);1H. The Morgan fingerprint density at radius 2 is 1.86 bits per heavy atom. The van der Waals surface area contributed by atoms with Gasteiger partial charge in [-0.2, -0.15) is 0 Å². The fourth-order valence-corrected chi connectivity index (χ4v) is 2.36. The monoisotopic (exact) mass is 502 g/mol. The molecule has 0 aliphatic heterocycles. The maximum absolute atomic E-state index is 5.80. The summed E-state index contributed by atoms with van der Waals surface area (Å²) >= 11 is 0. The van der Waals surface area contributed by atoms with Crippen molar-refractivity contribution in [1.82, 2.24) is 15.2 Å². The highest BCUT2D eigenvalue weighted by Gasteiger charge is 2.19. The molecule has 156 valence electrons. The number of halogens is 1. The normalized spacial score (nSPS) is 11.6.